The van der Waals surface area contributed by atoms with Gasteiger partial charge in [0.2, 0.25) is 5.89 Å². The van der Waals surface area contributed by atoms with Gasteiger partial charge in [0.15, 0.2) is 5.58 Å². The first-order chi connectivity index (χ1) is 16.6. The highest BCUT2D eigenvalue weighted by Crippen LogP contribution is 2.49. The molecule has 0 amide bonds. The molecule has 7 rings (SSSR count). The molecule has 0 aliphatic heterocycles. The van der Waals surface area contributed by atoms with Gasteiger partial charge < -0.3 is 4.42 Å². The monoisotopic (exact) mass is 438 g/mol. The number of hydrogen-bond donors (Lipinski definition) is 0. The Bertz CT molecular complexity index is 1740. The molecule has 162 valence electrons. The van der Waals surface area contributed by atoms with Crippen molar-refractivity contribution < 1.29 is 4.42 Å². The van der Waals surface area contributed by atoms with Crippen LogP contribution in [-0.4, -0.2) is 9.97 Å². The molecule has 0 radical (unpaired) electrons. The van der Waals surface area contributed by atoms with Gasteiger partial charge in [-0.25, -0.2) is 4.98 Å². The highest BCUT2D eigenvalue weighted by molar-refractivity contribution is 5.88. The van der Waals surface area contributed by atoms with Crippen LogP contribution in [-0.2, 0) is 5.41 Å². The molecule has 3 nitrogen and oxygen atoms in total. The summed E-state index contributed by atoms with van der Waals surface area (Å²) in [5.41, 5.74) is 11.3. The molecule has 0 atom stereocenters. The lowest BCUT2D eigenvalue weighted by atomic mass is 9.81. The predicted octanol–water partition coefficient (Wildman–Crippen LogP) is 8.02. The number of rotatable bonds is 2. The Morgan fingerprint density at radius 2 is 1.44 bits per heavy atom. The molecule has 0 bridgehead atoms. The summed E-state index contributed by atoms with van der Waals surface area (Å²) in [4.78, 5) is 9.22. The Balaban J connectivity index is 1.30. The molecular weight excluding hydrogens is 416 g/mol. The molecule has 2 aromatic heterocycles. The third kappa shape index (κ3) is 2.77. The molecule has 1 aliphatic rings. The number of benzene rings is 4. The van der Waals surface area contributed by atoms with Gasteiger partial charge >= 0.3 is 0 Å². The first kappa shape index (κ1) is 19.2. The summed E-state index contributed by atoms with van der Waals surface area (Å²) < 4.78 is 6.11. The Morgan fingerprint density at radius 1 is 0.647 bits per heavy atom. The minimum Gasteiger partial charge on any atom is -0.436 e. The van der Waals surface area contributed by atoms with Gasteiger partial charge in [0, 0.05) is 22.6 Å². The standard InChI is InChI=1S/C31H22N2O/c1-31(2)25-8-4-3-7-23(25)24-12-9-19(17-26(24)31)20-11-14-29-28(18-20)33-30(34-29)22-10-13-27-21(16-22)6-5-15-32-27/h3-18H,1-2H3. The Kier molecular flexibility index (Phi) is 3.89. The van der Waals surface area contributed by atoms with Gasteiger partial charge in [0.1, 0.15) is 5.52 Å². The van der Waals surface area contributed by atoms with E-state index in [1.54, 1.807) is 0 Å². The number of pyridine rings is 1. The van der Waals surface area contributed by atoms with Crippen LogP contribution in [0.5, 0.6) is 0 Å². The van der Waals surface area contributed by atoms with Crippen molar-refractivity contribution in [2.45, 2.75) is 19.3 Å². The number of nitrogens with zero attached hydrogens (tertiary/aromatic N) is 2. The minimum atomic E-state index is -0.0158. The van der Waals surface area contributed by atoms with Gasteiger partial charge in [-0.15, -0.1) is 0 Å². The van der Waals surface area contributed by atoms with Gasteiger partial charge in [0.05, 0.1) is 5.52 Å². The van der Waals surface area contributed by atoms with Crippen LogP contribution in [0.3, 0.4) is 0 Å². The van der Waals surface area contributed by atoms with E-state index >= 15 is 0 Å². The lowest BCUT2D eigenvalue weighted by Gasteiger charge is -2.22. The van der Waals surface area contributed by atoms with Crippen LogP contribution >= 0.6 is 0 Å². The molecule has 2 heterocycles. The second kappa shape index (κ2) is 6.88. The quantitative estimate of drug-likeness (QED) is 0.275. The van der Waals surface area contributed by atoms with Crippen molar-refractivity contribution in [1.29, 1.82) is 0 Å². The zero-order chi connectivity index (χ0) is 22.9. The van der Waals surface area contributed by atoms with E-state index in [4.69, 9.17) is 9.40 Å². The summed E-state index contributed by atoms with van der Waals surface area (Å²) >= 11 is 0. The summed E-state index contributed by atoms with van der Waals surface area (Å²) in [7, 11) is 0. The SMILES string of the molecule is CC1(C)c2ccccc2-c2ccc(-c3ccc4oc(-c5ccc6ncccc6c5)nc4c3)cc21. The average Bonchev–Trinajstić information content (AvgIpc) is 3.40. The molecule has 0 spiro atoms. The molecule has 0 fully saturated rings. The maximum atomic E-state index is 6.11. The maximum Gasteiger partial charge on any atom is 0.227 e. The van der Waals surface area contributed by atoms with E-state index < -0.39 is 0 Å². The summed E-state index contributed by atoms with van der Waals surface area (Å²) in [5.74, 6) is 0.628. The van der Waals surface area contributed by atoms with E-state index in [2.05, 4.69) is 85.6 Å². The first-order valence-corrected chi connectivity index (χ1v) is 11.6. The molecule has 3 heteroatoms. The highest BCUT2D eigenvalue weighted by Gasteiger charge is 2.35. The van der Waals surface area contributed by atoms with Crippen LogP contribution in [0.1, 0.15) is 25.0 Å². The van der Waals surface area contributed by atoms with Crippen molar-refractivity contribution in [3.05, 3.63) is 108 Å². The summed E-state index contributed by atoms with van der Waals surface area (Å²) in [5, 5.41) is 1.07. The number of oxazole rings is 1. The van der Waals surface area contributed by atoms with Crippen molar-refractivity contribution >= 4 is 22.0 Å². The molecule has 4 aromatic carbocycles. The Labute approximate surface area is 197 Å². The molecule has 34 heavy (non-hydrogen) atoms. The van der Waals surface area contributed by atoms with Gasteiger partial charge in [-0.05, 0) is 75.8 Å². The van der Waals surface area contributed by atoms with E-state index in [1.165, 1.54) is 27.8 Å². The first-order valence-electron chi connectivity index (χ1n) is 11.6. The van der Waals surface area contributed by atoms with Crippen LogP contribution < -0.4 is 0 Å². The molecule has 0 saturated carbocycles. The van der Waals surface area contributed by atoms with Crippen molar-refractivity contribution in [3.8, 4) is 33.7 Å². The second-order valence-corrected chi connectivity index (χ2v) is 9.54. The van der Waals surface area contributed by atoms with E-state index in [9.17, 15) is 0 Å². The van der Waals surface area contributed by atoms with Gasteiger partial charge in [0.25, 0.3) is 0 Å². The molecule has 0 N–H and O–H groups in total. The fourth-order valence-corrected chi connectivity index (χ4v) is 5.32. The zero-order valence-corrected chi connectivity index (χ0v) is 19.0. The normalized spacial score (nSPS) is 13.8. The van der Waals surface area contributed by atoms with E-state index in [-0.39, 0.29) is 5.41 Å². The molecule has 6 aromatic rings. The van der Waals surface area contributed by atoms with Crippen LogP contribution in [0, 0.1) is 0 Å². The molecule has 0 saturated heterocycles. The summed E-state index contributed by atoms with van der Waals surface area (Å²) in [6, 6.07) is 31.9. The molecule has 0 unspecified atom stereocenters. The fourth-order valence-electron chi connectivity index (χ4n) is 5.32. The van der Waals surface area contributed by atoms with Crippen molar-refractivity contribution in [1.82, 2.24) is 9.97 Å². The van der Waals surface area contributed by atoms with E-state index in [0.717, 1.165) is 33.1 Å². The lowest BCUT2D eigenvalue weighted by molar-refractivity contribution is 0.620. The van der Waals surface area contributed by atoms with Crippen LogP contribution in [0.2, 0.25) is 0 Å². The van der Waals surface area contributed by atoms with Crippen molar-refractivity contribution in [2.24, 2.45) is 0 Å². The smallest absolute Gasteiger partial charge is 0.227 e. The van der Waals surface area contributed by atoms with Crippen molar-refractivity contribution in [3.63, 3.8) is 0 Å². The number of fused-ring (bicyclic) bond motifs is 5. The predicted molar refractivity (Wildman–Crippen MR) is 138 cm³/mol. The van der Waals surface area contributed by atoms with E-state index in [0.29, 0.717) is 5.89 Å². The topological polar surface area (TPSA) is 38.9 Å². The third-order valence-corrected chi connectivity index (χ3v) is 7.15. The molecular formula is C31H22N2O. The summed E-state index contributed by atoms with van der Waals surface area (Å²) in [6.45, 7) is 4.63. The largest absolute Gasteiger partial charge is 0.436 e. The lowest BCUT2D eigenvalue weighted by Crippen LogP contribution is -2.14. The van der Waals surface area contributed by atoms with Gasteiger partial charge in [-0.3, -0.25) is 4.98 Å². The van der Waals surface area contributed by atoms with Crippen LogP contribution in [0.15, 0.2) is 102 Å². The van der Waals surface area contributed by atoms with E-state index in [1.807, 2.05) is 30.5 Å². The fraction of sp³-hybridized carbons (Fsp3) is 0.0968. The Hall–Kier alpha value is -4.24. The van der Waals surface area contributed by atoms with Gasteiger partial charge in [-0.2, -0.15) is 0 Å². The highest BCUT2D eigenvalue weighted by atomic mass is 16.3. The zero-order valence-electron chi connectivity index (χ0n) is 19.0. The van der Waals surface area contributed by atoms with Crippen molar-refractivity contribution in [2.75, 3.05) is 0 Å². The van der Waals surface area contributed by atoms with Gasteiger partial charge in [-0.1, -0.05) is 62.4 Å². The van der Waals surface area contributed by atoms with Crippen LogP contribution in [0.25, 0.3) is 55.7 Å². The second-order valence-electron chi connectivity index (χ2n) is 9.54. The number of hydrogen-bond acceptors (Lipinski definition) is 3. The molecule has 1 aliphatic carbocycles. The summed E-state index contributed by atoms with van der Waals surface area (Å²) in [6.07, 6.45) is 1.81. The average molecular weight is 439 g/mol. The third-order valence-electron chi connectivity index (χ3n) is 7.15. The van der Waals surface area contributed by atoms with Crippen LogP contribution in [0.4, 0.5) is 0 Å². The maximum absolute atomic E-state index is 6.11. The Morgan fingerprint density at radius 3 is 2.38 bits per heavy atom. The number of aromatic nitrogens is 2. The minimum absolute atomic E-state index is 0.0158.